The number of benzene rings is 2. The molecule has 0 aromatic heterocycles. The maximum absolute atomic E-state index is 13.3. The molecule has 0 unspecified atom stereocenters. The van der Waals surface area contributed by atoms with Gasteiger partial charge < -0.3 is 19.6 Å². The molecular weight excluding hydrogens is 409 g/mol. The summed E-state index contributed by atoms with van der Waals surface area (Å²) in [6, 6.07) is 11.3. The largest absolute Gasteiger partial charge is 0.483 e. The molecule has 31 heavy (non-hydrogen) atoms. The standard InChI is InChI=1S/C23H25F3N2O3/c1-3-22(4-2)14-28(19-9-8-16(23(24,25)26)10-20(19)31-22)18-7-5-6-17(11-18)27-12-15(13-27)21(29)30/h5-11,15H,3-4,12-14H2,1-2H3,(H,29,30). The van der Waals surface area contributed by atoms with Crippen LogP contribution in [0.5, 0.6) is 5.75 Å². The van der Waals surface area contributed by atoms with E-state index in [0.29, 0.717) is 38.2 Å². The van der Waals surface area contributed by atoms with E-state index in [4.69, 9.17) is 9.84 Å². The number of carbonyl (C=O) groups is 1. The molecule has 2 aromatic rings. The Morgan fingerprint density at radius 1 is 1.13 bits per heavy atom. The maximum Gasteiger partial charge on any atom is 0.416 e. The molecule has 0 atom stereocenters. The van der Waals surface area contributed by atoms with Crippen molar-refractivity contribution >= 4 is 23.0 Å². The zero-order valence-corrected chi connectivity index (χ0v) is 17.4. The number of nitrogens with zero attached hydrogens (tertiary/aromatic N) is 2. The minimum atomic E-state index is -4.44. The van der Waals surface area contributed by atoms with Crippen LogP contribution >= 0.6 is 0 Å². The monoisotopic (exact) mass is 434 g/mol. The summed E-state index contributed by atoms with van der Waals surface area (Å²) in [5, 5.41) is 9.13. The van der Waals surface area contributed by atoms with Gasteiger partial charge in [-0.15, -0.1) is 0 Å². The number of rotatable bonds is 5. The van der Waals surface area contributed by atoms with Crippen molar-refractivity contribution in [1.82, 2.24) is 0 Å². The molecule has 4 rings (SSSR count). The Hall–Kier alpha value is -2.90. The molecule has 5 nitrogen and oxygen atoms in total. The van der Waals surface area contributed by atoms with Crippen molar-refractivity contribution < 1.29 is 27.8 Å². The minimum Gasteiger partial charge on any atom is -0.483 e. The maximum atomic E-state index is 13.3. The highest BCUT2D eigenvalue weighted by Gasteiger charge is 2.40. The first kappa shape index (κ1) is 21.3. The molecule has 0 spiro atoms. The van der Waals surface area contributed by atoms with Crippen LogP contribution in [0.2, 0.25) is 0 Å². The lowest BCUT2D eigenvalue weighted by Gasteiger charge is -2.45. The minimum absolute atomic E-state index is 0.227. The number of fused-ring (bicyclic) bond motifs is 1. The molecule has 2 aliphatic heterocycles. The molecule has 166 valence electrons. The predicted octanol–water partition coefficient (Wildman–Crippen LogP) is 5.32. The quantitative estimate of drug-likeness (QED) is 0.691. The molecule has 2 aromatic carbocycles. The van der Waals surface area contributed by atoms with Crippen LogP contribution in [0.15, 0.2) is 42.5 Å². The van der Waals surface area contributed by atoms with Gasteiger partial charge in [0.05, 0.1) is 23.7 Å². The van der Waals surface area contributed by atoms with E-state index in [1.54, 1.807) is 0 Å². The van der Waals surface area contributed by atoms with E-state index in [2.05, 4.69) is 0 Å². The fourth-order valence-corrected chi connectivity index (χ4v) is 4.19. The Kier molecular flexibility index (Phi) is 5.27. The van der Waals surface area contributed by atoms with Gasteiger partial charge in [-0.2, -0.15) is 13.2 Å². The average molecular weight is 434 g/mol. The molecule has 1 N–H and O–H groups in total. The van der Waals surface area contributed by atoms with Crippen LogP contribution in [0.1, 0.15) is 32.3 Å². The van der Waals surface area contributed by atoms with E-state index in [-0.39, 0.29) is 11.7 Å². The Morgan fingerprint density at radius 2 is 1.81 bits per heavy atom. The van der Waals surface area contributed by atoms with Crippen LogP contribution in [0.4, 0.5) is 30.2 Å². The molecule has 1 fully saturated rings. The van der Waals surface area contributed by atoms with Gasteiger partial charge in [-0.3, -0.25) is 4.79 Å². The molecule has 0 radical (unpaired) electrons. The number of carboxylic acid groups (broad SMARTS) is 1. The summed E-state index contributed by atoms with van der Waals surface area (Å²) >= 11 is 0. The summed E-state index contributed by atoms with van der Waals surface area (Å²) in [5.74, 6) is -0.947. The van der Waals surface area contributed by atoms with Crippen LogP contribution in [0.3, 0.4) is 0 Å². The van der Waals surface area contributed by atoms with Crippen molar-refractivity contribution in [3.63, 3.8) is 0 Å². The Balaban J connectivity index is 1.71. The van der Waals surface area contributed by atoms with Crippen LogP contribution in [-0.2, 0) is 11.0 Å². The molecule has 8 heteroatoms. The first-order valence-corrected chi connectivity index (χ1v) is 10.4. The van der Waals surface area contributed by atoms with Gasteiger partial charge in [0.25, 0.3) is 0 Å². The fourth-order valence-electron chi connectivity index (χ4n) is 4.19. The van der Waals surface area contributed by atoms with Gasteiger partial charge in [-0.05, 0) is 49.2 Å². The smallest absolute Gasteiger partial charge is 0.416 e. The molecule has 0 aliphatic carbocycles. The van der Waals surface area contributed by atoms with Crippen molar-refractivity contribution in [3.05, 3.63) is 48.0 Å². The number of aliphatic carboxylic acids is 1. The van der Waals surface area contributed by atoms with E-state index in [1.807, 2.05) is 47.9 Å². The number of hydrogen-bond acceptors (Lipinski definition) is 4. The number of anilines is 3. The van der Waals surface area contributed by atoms with E-state index in [1.165, 1.54) is 6.07 Å². The van der Waals surface area contributed by atoms with Crippen molar-refractivity contribution in [1.29, 1.82) is 0 Å². The van der Waals surface area contributed by atoms with Crippen LogP contribution in [-0.4, -0.2) is 36.3 Å². The van der Waals surface area contributed by atoms with Crippen molar-refractivity contribution in [2.75, 3.05) is 29.4 Å². The highest BCUT2D eigenvalue weighted by atomic mass is 19.4. The first-order chi connectivity index (χ1) is 14.7. The number of carboxylic acids is 1. The second-order valence-electron chi connectivity index (χ2n) is 8.22. The van der Waals surface area contributed by atoms with Crippen molar-refractivity contribution in [2.45, 2.75) is 38.5 Å². The zero-order valence-electron chi connectivity index (χ0n) is 17.4. The summed E-state index contributed by atoms with van der Waals surface area (Å²) < 4.78 is 46.0. The Bertz CT molecular complexity index is 982. The normalized spacial score (nSPS) is 18.2. The summed E-state index contributed by atoms with van der Waals surface area (Å²) in [6.45, 7) is 5.35. The van der Waals surface area contributed by atoms with Gasteiger partial charge in [-0.1, -0.05) is 19.9 Å². The molecule has 0 bridgehead atoms. The molecule has 2 heterocycles. The lowest BCUT2D eigenvalue weighted by Crippen LogP contribution is -2.50. The third-order valence-electron chi connectivity index (χ3n) is 6.38. The first-order valence-electron chi connectivity index (χ1n) is 10.4. The van der Waals surface area contributed by atoms with Gasteiger partial charge in [-0.25, -0.2) is 0 Å². The number of ether oxygens (including phenoxy) is 1. The van der Waals surface area contributed by atoms with Crippen LogP contribution in [0, 0.1) is 5.92 Å². The van der Waals surface area contributed by atoms with Crippen LogP contribution in [0.25, 0.3) is 0 Å². The van der Waals surface area contributed by atoms with Gasteiger partial charge in [0, 0.05) is 24.5 Å². The number of alkyl halides is 3. The molecule has 2 aliphatic rings. The van der Waals surface area contributed by atoms with E-state index >= 15 is 0 Å². The van der Waals surface area contributed by atoms with Gasteiger partial charge in [0.2, 0.25) is 0 Å². The van der Waals surface area contributed by atoms with E-state index in [0.717, 1.165) is 23.5 Å². The van der Waals surface area contributed by atoms with Gasteiger partial charge in [0.1, 0.15) is 11.4 Å². The lowest BCUT2D eigenvalue weighted by atomic mass is 9.93. The van der Waals surface area contributed by atoms with E-state index < -0.39 is 23.3 Å². The summed E-state index contributed by atoms with van der Waals surface area (Å²) in [5.41, 5.74) is 0.997. The summed E-state index contributed by atoms with van der Waals surface area (Å²) in [4.78, 5) is 15.1. The van der Waals surface area contributed by atoms with Gasteiger partial charge in [0.15, 0.2) is 0 Å². The molecular formula is C23H25F3N2O3. The second-order valence-corrected chi connectivity index (χ2v) is 8.22. The summed E-state index contributed by atoms with van der Waals surface area (Å²) in [6.07, 6.45) is -3.14. The van der Waals surface area contributed by atoms with E-state index in [9.17, 15) is 18.0 Å². The topological polar surface area (TPSA) is 53.0 Å². The van der Waals surface area contributed by atoms with Gasteiger partial charge >= 0.3 is 12.1 Å². The Labute approximate surface area is 179 Å². The Morgan fingerprint density at radius 3 is 2.42 bits per heavy atom. The predicted molar refractivity (Wildman–Crippen MR) is 112 cm³/mol. The molecule has 1 saturated heterocycles. The molecule has 0 saturated carbocycles. The highest BCUT2D eigenvalue weighted by molar-refractivity contribution is 5.77. The fraction of sp³-hybridized carbons (Fsp3) is 0.435. The second kappa shape index (κ2) is 7.66. The van der Waals surface area contributed by atoms with Crippen molar-refractivity contribution in [3.8, 4) is 5.75 Å². The third kappa shape index (κ3) is 3.91. The average Bonchev–Trinajstić information content (AvgIpc) is 2.70. The van der Waals surface area contributed by atoms with Crippen LogP contribution < -0.4 is 14.5 Å². The lowest BCUT2D eigenvalue weighted by molar-refractivity contribution is -0.142. The third-order valence-corrected chi connectivity index (χ3v) is 6.38. The SMILES string of the molecule is CCC1(CC)CN(c2cccc(N3CC(C(=O)O)C3)c2)c2ccc(C(F)(F)F)cc2O1. The van der Waals surface area contributed by atoms with Crippen molar-refractivity contribution in [2.24, 2.45) is 5.92 Å². The zero-order chi connectivity index (χ0) is 22.4. The number of hydrogen-bond donors (Lipinski definition) is 1. The summed E-state index contributed by atoms with van der Waals surface area (Å²) in [7, 11) is 0. The number of halogens is 3. The highest BCUT2D eigenvalue weighted by Crippen LogP contribution is 2.46. The molecule has 0 amide bonds.